The number of nitrogens with zero attached hydrogens (tertiary/aromatic N) is 4. The normalized spacial score (nSPS) is 16.8. The molecule has 2 atom stereocenters. The average Bonchev–Trinajstić information content (AvgIpc) is 4.14. The first-order chi connectivity index (χ1) is 38.6. The van der Waals surface area contributed by atoms with Crippen LogP contribution in [0.1, 0.15) is 35.4 Å². The van der Waals surface area contributed by atoms with E-state index >= 15 is 0 Å². The number of hydrogen-bond donors (Lipinski definition) is 0. The zero-order valence-corrected chi connectivity index (χ0v) is 44.0. The Morgan fingerprint density at radius 3 is 1.60 bits per heavy atom. The van der Waals surface area contributed by atoms with Crippen LogP contribution in [0.25, 0.3) is 66.1 Å². The van der Waals surface area contributed by atoms with Gasteiger partial charge in [0.25, 0.3) is 6.71 Å². The second kappa shape index (κ2) is 14.5. The molecule has 1 aliphatic carbocycles. The largest absolute Gasteiger partial charge is 0.311 e. The van der Waals surface area contributed by atoms with Crippen LogP contribution in [0.2, 0.25) is 0 Å². The maximum atomic E-state index is 2.81. The number of hydrogen-bond acceptors (Lipinski definition) is 4. The van der Waals surface area contributed by atoms with Crippen LogP contribution in [0.3, 0.4) is 0 Å². The lowest BCUT2D eigenvalue weighted by Crippen LogP contribution is -2.65. The van der Waals surface area contributed by atoms with Crippen molar-refractivity contribution in [3.8, 4) is 22.5 Å². The molecule has 13 aromatic rings. The van der Waals surface area contributed by atoms with Crippen LogP contribution in [0, 0.1) is 0 Å². The minimum atomic E-state index is -0.0890. The number of anilines is 6. The van der Waals surface area contributed by atoms with Crippen LogP contribution >= 0.6 is 23.5 Å². The van der Waals surface area contributed by atoms with Crippen molar-refractivity contribution in [2.45, 2.75) is 44.8 Å². The summed E-state index contributed by atoms with van der Waals surface area (Å²) in [5.41, 5.74) is 31.1. The predicted molar refractivity (Wildman–Crippen MR) is 329 cm³/mol. The quantitative estimate of drug-likeness (QED) is 0.160. The highest BCUT2D eigenvalue weighted by Crippen LogP contribution is 2.55. The number of benzene rings is 11. The molecule has 20 rings (SSSR count). The molecular weight excluding hydrogens is 983 g/mol. The van der Waals surface area contributed by atoms with Crippen molar-refractivity contribution in [1.29, 1.82) is 0 Å². The van der Waals surface area contributed by atoms with E-state index in [0.29, 0.717) is 5.92 Å². The summed E-state index contributed by atoms with van der Waals surface area (Å²) in [6, 6.07) is 82.2. The smallest absolute Gasteiger partial charge is 0.252 e. The van der Waals surface area contributed by atoms with Gasteiger partial charge in [0.05, 0.1) is 28.3 Å². The van der Waals surface area contributed by atoms with Crippen molar-refractivity contribution in [3.63, 3.8) is 0 Å². The van der Waals surface area contributed by atoms with Gasteiger partial charge in [0.15, 0.2) is 0 Å². The molecule has 7 aliphatic rings. The van der Waals surface area contributed by atoms with Gasteiger partial charge in [-0.05, 0) is 158 Å². The fraction of sp³-hybridized carbons (Fsp3) is 0.0571. The maximum Gasteiger partial charge on any atom is 0.252 e. The van der Waals surface area contributed by atoms with Gasteiger partial charge in [-0.3, -0.25) is 0 Å². The van der Waals surface area contributed by atoms with E-state index in [-0.39, 0.29) is 19.3 Å². The highest BCUT2D eigenvalue weighted by Gasteiger charge is 2.51. The topological polar surface area (TPSA) is 16.3 Å². The molecule has 78 heavy (non-hydrogen) atoms. The number of para-hydroxylation sites is 6. The molecule has 0 saturated carbocycles. The van der Waals surface area contributed by atoms with Crippen molar-refractivity contribution in [2.24, 2.45) is 0 Å². The van der Waals surface area contributed by atoms with Crippen LogP contribution < -0.4 is 42.6 Å². The van der Waals surface area contributed by atoms with E-state index in [1.807, 2.05) is 23.5 Å². The van der Waals surface area contributed by atoms with Crippen molar-refractivity contribution in [3.05, 3.63) is 229 Å². The summed E-state index contributed by atoms with van der Waals surface area (Å²) < 4.78 is 5.52. The molecule has 2 bridgehead atoms. The monoisotopic (exact) mass is 1020 g/mol. The summed E-state index contributed by atoms with van der Waals surface area (Å²) in [4.78, 5) is 10.2. The van der Waals surface area contributed by atoms with Crippen LogP contribution in [0.4, 0.5) is 34.1 Å². The molecule has 11 aromatic carbocycles. The van der Waals surface area contributed by atoms with Crippen LogP contribution in [-0.4, -0.2) is 22.6 Å². The van der Waals surface area contributed by atoms with Crippen LogP contribution in [-0.2, 0) is 6.42 Å². The summed E-state index contributed by atoms with van der Waals surface area (Å²) in [6.45, 7) is 2.52. The molecule has 8 heterocycles. The molecular formula is C70H42B2N4S2. The minimum absolute atomic E-state index is 0.0565. The highest BCUT2D eigenvalue weighted by atomic mass is 32.2. The van der Waals surface area contributed by atoms with Gasteiger partial charge in [-0.1, -0.05) is 163 Å². The number of fused-ring (bicyclic) bond motifs is 17. The summed E-state index contributed by atoms with van der Waals surface area (Å²) in [5.74, 6) is 0.560. The first kappa shape index (κ1) is 41.6. The van der Waals surface area contributed by atoms with Crippen molar-refractivity contribution in [1.82, 2.24) is 9.13 Å². The Balaban J connectivity index is 0.983. The number of rotatable bonds is 2. The van der Waals surface area contributed by atoms with E-state index in [1.165, 1.54) is 169 Å². The molecule has 1 unspecified atom stereocenters. The summed E-state index contributed by atoms with van der Waals surface area (Å²) in [7, 11) is 0. The van der Waals surface area contributed by atoms with Gasteiger partial charge < -0.3 is 18.9 Å². The maximum absolute atomic E-state index is 2.81. The van der Waals surface area contributed by atoms with Crippen LogP contribution in [0.5, 0.6) is 0 Å². The lowest BCUT2D eigenvalue weighted by atomic mass is 9.30. The molecule has 0 spiro atoms. The Morgan fingerprint density at radius 1 is 0.410 bits per heavy atom. The molecule has 0 N–H and O–H groups in total. The Kier molecular flexibility index (Phi) is 7.74. The van der Waals surface area contributed by atoms with Gasteiger partial charge in [0.2, 0.25) is 6.71 Å². The molecule has 2 aromatic heterocycles. The first-order valence-corrected chi connectivity index (χ1v) is 29.2. The third kappa shape index (κ3) is 4.94. The minimum Gasteiger partial charge on any atom is -0.311 e. The fourth-order valence-electron chi connectivity index (χ4n) is 16.2. The summed E-state index contributed by atoms with van der Waals surface area (Å²) >= 11 is 3.76. The molecule has 360 valence electrons. The lowest BCUT2D eigenvalue weighted by Gasteiger charge is -2.41. The van der Waals surface area contributed by atoms with E-state index in [2.05, 4.69) is 238 Å². The van der Waals surface area contributed by atoms with Crippen molar-refractivity contribution >= 4 is 147 Å². The predicted octanol–water partition coefficient (Wildman–Crippen LogP) is 14.1. The SMILES string of the molecule is C[C@H]1c2c3cccc2-c2ccccc2CC1c1cc2c4c5c1B3c1cccc3c6cc(N7c8ccccc8Sc8ccccc87)cc(c6n-5c13)B4c1cc(N3c4ccccc4Sc4ccccc43)cc3c4ccccc4n-2c13. The fourth-order valence-corrected chi connectivity index (χ4v) is 18.4. The lowest BCUT2D eigenvalue weighted by molar-refractivity contribution is 0.585. The second-order valence-corrected chi connectivity index (χ2v) is 24.8. The van der Waals surface area contributed by atoms with E-state index in [0.717, 1.165) is 6.42 Å². The Bertz CT molecular complexity index is 4900. The molecule has 6 aliphatic heterocycles. The Hall–Kier alpha value is -8.55. The van der Waals surface area contributed by atoms with E-state index in [1.54, 1.807) is 0 Å². The van der Waals surface area contributed by atoms with Gasteiger partial charge in [-0.15, -0.1) is 0 Å². The van der Waals surface area contributed by atoms with Gasteiger partial charge in [0, 0.05) is 80.4 Å². The van der Waals surface area contributed by atoms with E-state index < -0.39 is 0 Å². The van der Waals surface area contributed by atoms with Crippen molar-refractivity contribution < 1.29 is 0 Å². The molecule has 0 amide bonds. The zero-order valence-electron chi connectivity index (χ0n) is 42.3. The summed E-state index contributed by atoms with van der Waals surface area (Å²) in [6.07, 6.45) is 0.987. The molecule has 0 saturated heterocycles. The van der Waals surface area contributed by atoms with Gasteiger partial charge in [-0.2, -0.15) is 0 Å². The highest BCUT2D eigenvalue weighted by molar-refractivity contribution is 8.00. The van der Waals surface area contributed by atoms with E-state index in [4.69, 9.17) is 0 Å². The average molecular weight is 1020 g/mol. The standard InChI is InChI=1S/C70H42B2N4S2/c1-38-46-32-39-16-2-3-17-42(39)44-19-14-21-50(64(38)44)71-51-22-15-20-45-49-34-41(74-57-26-8-12-30-62(57)78-63-31-13-9-27-58(63)74)36-53-69(49)76(67(45)51)70-65(71)47(46)37-59-66(70)72(53)52-35-40(33-48-43-18-4-5-23-54(43)75(59)68(48)52)73-55-24-6-10-28-60(55)77-61-29-11-7-25-56(61)73/h2-31,33-38,46H,32H2,1H3/t38-,46?/m1/s1. The van der Waals surface area contributed by atoms with Crippen molar-refractivity contribution in [2.75, 3.05) is 9.80 Å². The summed E-state index contributed by atoms with van der Waals surface area (Å²) in [5, 5.41) is 5.23. The van der Waals surface area contributed by atoms with E-state index in [9.17, 15) is 0 Å². The first-order valence-electron chi connectivity index (χ1n) is 27.6. The van der Waals surface area contributed by atoms with Crippen LogP contribution in [0.15, 0.2) is 232 Å². The molecule has 4 nitrogen and oxygen atoms in total. The zero-order chi connectivity index (χ0) is 50.4. The molecule has 0 fully saturated rings. The second-order valence-electron chi connectivity index (χ2n) is 22.6. The Labute approximate surface area is 459 Å². The molecule has 0 radical (unpaired) electrons. The molecule has 8 heteroatoms. The van der Waals surface area contributed by atoms with Gasteiger partial charge >= 0.3 is 0 Å². The van der Waals surface area contributed by atoms with Gasteiger partial charge in [0.1, 0.15) is 0 Å². The number of aromatic nitrogens is 2. The third-order valence-corrected chi connectivity index (χ3v) is 21.4. The third-order valence-electron chi connectivity index (χ3n) is 19.1. The Morgan fingerprint density at radius 2 is 0.923 bits per heavy atom. The van der Waals surface area contributed by atoms with Gasteiger partial charge in [-0.25, -0.2) is 0 Å².